The minimum atomic E-state index is -0.476. The summed E-state index contributed by atoms with van der Waals surface area (Å²) in [6, 6.07) is -0.0639. The third-order valence-corrected chi connectivity index (χ3v) is 3.74. The Balaban J connectivity index is 1.40. The number of hydrogen-bond acceptors (Lipinski definition) is 7. The Bertz CT molecular complexity index is 575. The topological polar surface area (TPSA) is 134 Å². The molecule has 0 aromatic carbocycles. The smallest absolute Gasteiger partial charge is 0.317 e. The quantitative estimate of drug-likeness (QED) is 0.438. The number of hydrogen-bond donors (Lipinski definition) is 2. The van der Waals surface area contributed by atoms with Crippen LogP contribution in [0.3, 0.4) is 0 Å². The van der Waals surface area contributed by atoms with Crippen LogP contribution in [-0.4, -0.2) is 84.5 Å². The lowest BCUT2D eigenvalue weighted by atomic mass is 10.2. The van der Waals surface area contributed by atoms with Gasteiger partial charge in [0.25, 0.3) is 0 Å². The highest BCUT2D eigenvalue weighted by Gasteiger charge is 2.29. The number of aromatic nitrogens is 3. The average Bonchev–Trinajstić information content (AvgIpc) is 2.98. The van der Waals surface area contributed by atoms with Crippen LogP contribution in [-0.2, 0) is 32.2 Å². The van der Waals surface area contributed by atoms with E-state index in [9.17, 15) is 9.59 Å². The molecule has 0 bridgehead atoms. The standard InChI is InChI=1S/C15H26N6O5/c1-24-13-8-20(9-13)15(23)17-3-2-4-25-5-6-26-11-12-7-21(19-18-12)10-14(16)22/h7,13H,2-6,8-11H2,1H3,(H2,16,22)(H,17,23). The van der Waals surface area contributed by atoms with Crippen LogP contribution in [0.1, 0.15) is 12.1 Å². The first-order valence-electron chi connectivity index (χ1n) is 8.47. The Morgan fingerprint density at radius 3 is 2.81 bits per heavy atom. The summed E-state index contributed by atoms with van der Waals surface area (Å²) in [4.78, 5) is 24.2. The number of carbonyl (C=O) groups is 2. The van der Waals surface area contributed by atoms with Gasteiger partial charge in [-0.05, 0) is 6.42 Å². The van der Waals surface area contributed by atoms with Gasteiger partial charge in [0.1, 0.15) is 12.2 Å². The van der Waals surface area contributed by atoms with Crippen molar-refractivity contribution in [2.24, 2.45) is 5.73 Å². The van der Waals surface area contributed by atoms with E-state index in [1.54, 1.807) is 18.2 Å². The number of ether oxygens (including phenoxy) is 3. The molecule has 0 spiro atoms. The second kappa shape index (κ2) is 10.7. The van der Waals surface area contributed by atoms with Gasteiger partial charge in [0, 0.05) is 20.3 Å². The van der Waals surface area contributed by atoms with E-state index in [0.717, 1.165) is 6.42 Å². The number of urea groups is 1. The van der Waals surface area contributed by atoms with Crippen LogP contribution in [0.15, 0.2) is 6.20 Å². The number of nitrogens with two attached hydrogens (primary N) is 1. The Hall–Kier alpha value is -2.24. The largest absolute Gasteiger partial charge is 0.379 e. The first-order valence-corrected chi connectivity index (χ1v) is 8.47. The minimum absolute atomic E-state index is 0.00261. The summed E-state index contributed by atoms with van der Waals surface area (Å²) in [5.74, 6) is -0.476. The van der Waals surface area contributed by atoms with Gasteiger partial charge in [-0.25, -0.2) is 9.48 Å². The number of nitrogens with one attached hydrogen (secondary N) is 1. The second-order valence-corrected chi connectivity index (χ2v) is 5.89. The number of primary amides is 1. The number of likely N-dealkylation sites (tertiary alicyclic amines) is 1. The van der Waals surface area contributed by atoms with Crippen molar-refractivity contribution in [2.45, 2.75) is 25.7 Å². The lowest BCUT2D eigenvalue weighted by molar-refractivity contribution is -0.118. The zero-order valence-electron chi connectivity index (χ0n) is 14.9. The van der Waals surface area contributed by atoms with Crippen LogP contribution in [0, 0.1) is 0 Å². The molecule has 0 saturated carbocycles. The third-order valence-electron chi connectivity index (χ3n) is 3.74. The number of rotatable bonds is 12. The Labute approximate surface area is 151 Å². The van der Waals surface area contributed by atoms with Crippen molar-refractivity contribution in [1.29, 1.82) is 0 Å². The Kier molecular flexibility index (Phi) is 8.25. The first-order chi connectivity index (χ1) is 12.6. The van der Waals surface area contributed by atoms with E-state index in [4.69, 9.17) is 19.9 Å². The van der Waals surface area contributed by atoms with Gasteiger partial charge in [-0.15, -0.1) is 5.10 Å². The van der Waals surface area contributed by atoms with Crippen molar-refractivity contribution in [2.75, 3.05) is 46.6 Å². The molecule has 3 amide bonds. The lowest BCUT2D eigenvalue weighted by Gasteiger charge is -2.37. The van der Waals surface area contributed by atoms with E-state index >= 15 is 0 Å². The molecule has 3 N–H and O–H groups in total. The molecule has 1 aromatic heterocycles. The van der Waals surface area contributed by atoms with E-state index < -0.39 is 5.91 Å². The molecular weight excluding hydrogens is 344 g/mol. The van der Waals surface area contributed by atoms with E-state index in [2.05, 4.69) is 15.6 Å². The van der Waals surface area contributed by atoms with Gasteiger partial charge in [0.05, 0.1) is 45.2 Å². The van der Waals surface area contributed by atoms with Crippen LogP contribution in [0.2, 0.25) is 0 Å². The van der Waals surface area contributed by atoms with E-state index in [1.807, 2.05) is 0 Å². The SMILES string of the molecule is COC1CN(C(=O)NCCCOCCOCc2cn(CC(N)=O)nn2)C1. The number of carbonyl (C=O) groups excluding carboxylic acids is 2. The Morgan fingerprint density at radius 1 is 1.31 bits per heavy atom. The lowest BCUT2D eigenvalue weighted by Crippen LogP contribution is -2.57. The number of methoxy groups -OCH3 is 1. The van der Waals surface area contributed by atoms with Crippen molar-refractivity contribution in [3.8, 4) is 0 Å². The van der Waals surface area contributed by atoms with Gasteiger partial charge < -0.3 is 30.2 Å². The van der Waals surface area contributed by atoms with Gasteiger partial charge in [0.2, 0.25) is 5.91 Å². The molecule has 1 saturated heterocycles. The number of amides is 3. The summed E-state index contributed by atoms with van der Waals surface area (Å²) < 4.78 is 17.3. The normalized spacial score (nSPS) is 14.3. The Morgan fingerprint density at radius 2 is 2.08 bits per heavy atom. The van der Waals surface area contributed by atoms with Crippen LogP contribution in [0.4, 0.5) is 4.79 Å². The maximum Gasteiger partial charge on any atom is 0.317 e. The van der Waals surface area contributed by atoms with Crippen LogP contribution < -0.4 is 11.1 Å². The number of nitrogens with zero attached hydrogens (tertiary/aromatic N) is 4. The summed E-state index contributed by atoms with van der Waals surface area (Å²) in [5.41, 5.74) is 5.69. The highest BCUT2D eigenvalue weighted by molar-refractivity contribution is 5.75. The fraction of sp³-hybridized carbons (Fsp3) is 0.733. The molecule has 0 unspecified atom stereocenters. The molecule has 0 atom stereocenters. The molecule has 1 aliphatic heterocycles. The average molecular weight is 370 g/mol. The first kappa shape index (κ1) is 20.1. The van der Waals surface area contributed by atoms with E-state index in [-0.39, 0.29) is 25.3 Å². The monoisotopic (exact) mass is 370 g/mol. The molecule has 0 radical (unpaired) electrons. The minimum Gasteiger partial charge on any atom is -0.379 e. The van der Waals surface area contributed by atoms with Crippen LogP contribution >= 0.6 is 0 Å². The van der Waals surface area contributed by atoms with E-state index in [1.165, 1.54) is 4.68 Å². The van der Waals surface area contributed by atoms with Gasteiger partial charge in [0.15, 0.2) is 0 Å². The third kappa shape index (κ3) is 6.94. The molecule has 146 valence electrons. The van der Waals surface area contributed by atoms with Crippen molar-refractivity contribution >= 4 is 11.9 Å². The molecule has 0 aliphatic carbocycles. The summed E-state index contributed by atoms with van der Waals surface area (Å²) in [5, 5.41) is 10.5. The van der Waals surface area contributed by atoms with Gasteiger partial charge in [-0.1, -0.05) is 5.21 Å². The second-order valence-electron chi connectivity index (χ2n) is 5.89. The molecular formula is C15H26N6O5. The predicted molar refractivity (Wildman–Crippen MR) is 90.1 cm³/mol. The van der Waals surface area contributed by atoms with Gasteiger partial charge in [-0.3, -0.25) is 4.79 Å². The predicted octanol–water partition coefficient (Wildman–Crippen LogP) is -1.27. The molecule has 11 nitrogen and oxygen atoms in total. The molecule has 2 rings (SSSR count). The molecule has 1 fully saturated rings. The molecule has 1 aromatic rings. The van der Waals surface area contributed by atoms with E-state index in [0.29, 0.717) is 45.1 Å². The zero-order chi connectivity index (χ0) is 18.8. The van der Waals surface area contributed by atoms with Crippen LogP contribution in [0.25, 0.3) is 0 Å². The summed E-state index contributed by atoms with van der Waals surface area (Å²) in [6.07, 6.45) is 2.51. The summed E-state index contributed by atoms with van der Waals surface area (Å²) in [6.45, 7) is 3.55. The van der Waals surface area contributed by atoms with Crippen LogP contribution in [0.5, 0.6) is 0 Å². The molecule has 11 heteroatoms. The molecule has 1 aliphatic rings. The van der Waals surface area contributed by atoms with Crippen molar-refractivity contribution in [3.05, 3.63) is 11.9 Å². The van der Waals surface area contributed by atoms with Crippen molar-refractivity contribution < 1.29 is 23.8 Å². The van der Waals surface area contributed by atoms with Crippen molar-refractivity contribution in [3.63, 3.8) is 0 Å². The molecule has 26 heavy (non-hydrogen) atoms. The zero-order valence-corrected chi connectivity index (χ0v) is 14.9. The van der Waals surface area contributed by atoms with Gasteiger partial charge >= 0.3 is 6.03 Å². The van der Waals surface area contributed by atoms with Crippen molar-refractivity contribution in [1.82, 2.24) is 25.2 Å². The summed E-state index contributed by atoms with van der Waals surface area (Å²) in [7, 11) is 1.65. The van der Waals surface area contributed by atoms with Gasteiger partial charge in [-0.2, -0.15) is 0 Å². The summed E-state index contributed by atoms with van der Waals surface area (Å²) >= 11 is 0. The molecule has 2 heterocycles. The highest BCUT2D eigenvalue weighted by Crippen LogP contribution is 2.10. The highest BCUT2D eigenvalue weighted by atomic mass is 16.5. The maximum absolute atomic E-state index is 11.7. The fourth-order valence-electron chi connectivity index (χ4n) is 2.27. The maximum atomic E-state index is 11.7. The fourth-order valence-corrected chi connectivity index (χ4v) is 2.27.